The molecule has 4 aromatic rings. The monoisotopic (exact) mass is 427 g/mol. The summed E-state index contributed by atoms with van der Waals surface area (Å²) in [5, 5.41) is 12.1. The fourth-order valence-corrected chi connectivity index (χ4v) is 4.70. The lowest BCUT2D eigenvalue weighted by Crippen LogP contribution is -2.11. The van der Waals surface area contributed by atoms with Crippen LogP contribution < -0.4 is 5.32 Å². The summed E-state index contributed by atoms with van der Waals surface area (Å²) in [5.41, 5.74) is 4.25. The number of hydrogen-bond donors (Lipinski definition) is 1. The summed E-state index contributed by atoms with van der Waals surface area (Å²) in [6.07, 6.45) is 0. The van der Waals surface area contributed by atoms with Gasteiger partial charge in [0, 0.05) is 16.7 Å². The molecular formula is C21H18FN3O2S2. The van der Waals surface area contributed by atoms with Gasteiger partial charge in [-0.25, -0.2) is 4.39 Å². The van der Waals surface area contributed by atoms with Crippen molar-refractivity contribution in [1.29, 1.82) is 0 Å². The van der Waals surface area contributed by atoms with Crippen molar-refractivity contribution in [2.75, 3.05) is 5.32 Å². The molecule has 148 valence electrons. The number of hydrogen-bond acceptors (Lipinski definition) is 6. The summed E-state index contributed by atoms with van der Waals surface area (Å²) in [5.74, 6) is 0.0993. The minimum Gasteiger partial charge on any atom is -0.450 e. The molecule has 0 aliphatic rings. The van der Waals surface area contributed by atoms with Gasteiger partial charge in [0.05, 0.1) is 0 Å². The topological polar surface area (TPSA) is 68.0 Å². The van der Waals surface area contributed by atoms with Crippen LogP contribution in [0.4, 0.5) is 9.52 Å². The van der Waals surface area contributed by atoms with Crippen LogP contribution in [0.1, 0.15) is 32.8 Å². The Bertz CT molecular complexity index is 1220. The zero-order valence-electron chi connectivity index (χ0n) is 16.1. The summed E-state index contributed by atoms with van der Waals surface area (Å²) >= 11 is 2.62. The van der Waals surface area contributed by atoms with Crippen molar-refractivity contribution in [1.82, 2.24) is 10.2 Å². The average molecular weight is 428 g/mol. The Kier molecular flexibility index (Phi) is 5.38. The first-order valence-electron chi connectivity index (χ1n) is 8.94. The highest BCUT2D eigenvalue weighted by Crippen LogP contribution is 2.32. The lowest BCUT2D eigenvalue weighted by molar-refractivity contribution is 0.0998. The second kappa shape index (κ2) is 7.96. The number of aryl methyl sites for hydroxylation is 3. The minimum absolute atomic E-state index is 0.246. The smallest absolute Gasteiger partial charge is 0.293 e. The summed E-state index contributed by atoms with van der Waals surface area (Å²) in [6, 6.07) is 10.6. The van der Waals surface area contributed by atoms with E-state index in [1.54, 1.807) is 18.2 Å². The predicted octanol–water partition coefficient (Wildman–Crippen LogP) is 5.89. The molecule has 0 radical (unpaired) electrons. The number of nitrogens with one attached hydrogen (secondary N) is 1. The van der Waals surface area contributed by atoms with E-state index in [1.165, 1.54) is 29.2 Å². The van der Waals surface area contributed by atoms with Crippen molar-refractivity contribution in [2.45, 2.75) is 30.9 Å². The first kappa shape index (κ1) is 19.6. The molecule has 0 spiro atoms. The Balaban J connectivity index is 1.48. The molecule has 29 heavy (non-hydrogen) atoms. The van der Waals surface area contributed by atoms with Crippen LogP contribution in [0.3, 0.4) is 0 Å². The summed E-state index contributed by atoms with van der Waals surface area (Å²) < 4.78 is 20.2. The maximum absolute atomic E-state index is 13.7. The Morgan fingerprint density at radius 1 is 1.14 bits per heavy atom. The molecule has 2 aromatic heterocycles. The highest BCUT2D eigenvalue weighted by atomic mass is 32.2. The van der Waals surface area contributed by atoms with E-state index in [0.29, 0.717) is 20.8 Å². The predicted molar refractivity (Wildman–Crippen MR) is 114 cm³/mol. The number of rotatable bonds is 5. The molecular weight excluding hydrogens is 409 g/mol. The van der Waals surface area contributed by atoms with Gasteiger partial charge in [-0.2, -0.15) is 0 Å². The lowest BCUT2D eigenvalue weighted by Gasteiger charge is -2.00. The van der Waals surface area contributed by atoms with Gasteiger partial charge >= 0.3 is 0 Å². The number of carbonyl (C=O) groups excluding carboxylic acids is 1. The molecule has 0 saturated heterocycles. The molecule has 8 heteroatoms. The molecule has 0 aliphatic heterocycles. The third-order valence-electron chi connectivity index (χ3n) is 4.77. The van der Waals surface area contributed by atoms with Crippen LogP contribution in [-0.4, -0.2) is 16.1 Å². The lowest BCUT2D eigenvalue weighted by atomic mass is 10.0. The number of halogens is 1. The number of aromatic nitrogens is 2. The zero-order chi connectivity index (χ0) is 20.5. The normalized spacial score (nSPS) is 11.2. The molecule has 2 heterocycles. The maximum Gasteiger partial charge on any atom is 0.293 e. The first-order valence-corrected chi connectivity index (χ1v) is 10.7. The number of fused-ring (bicyclic) bond motifs is 1. The third-order valence-corrected chi connectivity index (χ3v) is 6.79. The van der Waals surface area contributed by atoms with Crippen LogP contribution in [0, 0.1) is 26.6 Å². The van der Waals surface area contributed by atoms with Crippen molar-refractivity contribution in [3.63, 3.8) is 0 Å². The van der Waals surface area contributed by atoms with Crippen LogP contribution in [0.5, 0.6) is 0 Å². The third kappa shape index (κ3) is 3.90. The Hall–Kier alpha value is -2.71. The van der Waals surface area contributed by atoms with Gasteiger partial charge in [-0.15, -0.1) is 10.2 Å². The van der Waals surface area contributed by atoms with Crippen molar-refractivity contribution in [3.05, 3.63) is 70.2 Å². The molecule has 0 saturated carbocycles. The minimum atomic E-state index is -0.363. The number of carbonyl (C=O) groups is 1. The van der Waals surface area contributed by atoms with Gasteiger partial charge in [0.2, 0.25) is 5.13 Å². The molecule has 2 aromatic carbocycles. The standard InChI is InChI=1S/C21H18FN3O2S2/c1-11-8-9-15-13(3)18(27-17(15)12(11)2)19(26)23-20-24-25-21(29-20)28-10-14-6-4-5-7-16(14)22/h4-9H,10H2,1-3H3,(H,23,24,26). The number of anilines is 1. The van der Waals surface area contributed by atoms with Crippen LogP contribution in [0.15, 0.2) is 45.2 Å². The largest absolute Gasteiger partial charge is 0.450 e. The van der Waals surface area contributed by atoms with E-state index < -0.39 is 0 Å². The Labute approximate surface area is 175 Å². The van der Waals surface area contributed by atoms with E-state index in [9.17, 15) is 9.18 Å². The molecule has 0 bridgehead atoms. The van der Waals surface area contributed by atoms with Crippen LogP contribution >= 0.6 is 23.1 Å². The quantitative estimate of drug-likeness (QED) is 0.318. The second-order valence-electron chi connectivity index (χ2n) is 6.65. The van der Waals surface area contributed by atoms with E-state index in [2.05, 4.69) is 15.5 Å². The molecule has 5 nitrogen and oxygen atoms in total. The molecule has 4 rings (SSSR count). The SMILES string of the molecule is Cc1ccc2c(C)c(C(=O)Nc3nnc(SCc4ccccc4F)s3)oc2c1C. The van der Waals surface area contributed by atoms with Crippen LogP contribution in [0.2, 0.25) is 0 Å². The number of furan rings is 1. The Morgan fingerprint density at radius 3 is 2.72 bits per heavy atom. The van der Waals surface area contributed by atoms with E-state index in [-0.39, 0.29) is 17.5 Å². The van der Waals surface area contributed by atoms with E-state index in [1.807, 2.05) is 32.9 Å². The van der Waals surface area contributed by atoms with Gasteiger partial charge in [-0.05, 0) is 43.5 Å². The molecule has 1 N–H and O–H groups in total. The highest BCUT2D eigenvalue weighted by molar-refractivity contribution is 8.00. The molecule has 1 amide bonds. The number of benzene rings is 2. The van der Waals surface area contributed by atoms with Gasteiger partial charge in [0.25, 0.3) is 5.91 Å². The van der Waals surface area contributed by atoms with E-state index in [4.69, 9.17) is 4.42 Å². The van der Waals surface area contributed by atoms with Crippen molar-refractivity contribution >= 4 is 45.1 Å². The van der Waals surface area contributed by atoms with E-state index in [0.717, 1.165) is 27.7 Å². The van der Waals surface area contributed by atoms with Crippen LogP contribution in [0.25, 0.3) is 11.0 Å². The van der Waals surface area contributed by atoms with Gasteiger partial charge in [-0.3, -0.25) is 10.1 Å². The van der Waals surface area contributed by atoms with Crippen molar-refractivity contribution < 1.29 is 13.6 Å². The van der Waals surface area contributed by atoms with Gasteiger partial charge in [-0.1, -0.05) is 53.4 Å². The fourth-order valence-electron chi connectivity index (χ4n) is 2.96. The van der Waals surface area contributed by atoms with E-state index >= 15 is 0 Å². The zero-order valence-corrected chi connectivity index (χ0v) is 17.7. The number of nitrogens with zero attached hydrogens (tertiary/aromatic N) is 2. The molecule has 0 atom stereocenters. The summed E-state index contributed by atoms with van der Waals surface area (Å²) in [6.45, 7) is 5.85. The highest BCUT2D eigenvalue weighted by Gasteiger charge is 2.20. The van der Waals surface area contributed by atoms with Crippen molar-refractivity contribution in [2.24, 2.45) is 0 Å². The summed E-state index contributed by atoms with van der Waals surface area (Å²) in [4.78, 5) is 12.7. The van der Waals surface area contributed by atoms with Gasteiger partial charge in [0.15, 0.2) is 10.1 Å². The first-order chi connectivity index (χ1) is 13.9. The Morgan fingerprint density at radius 2 is 1.93 bits per heavy atom. The van der Waals surface area contributed by atoms with Gasteiger partial charge in [0.1, 0.15) is 11.4 Å². The van der Waals surface area contributed by atoms with Crippen LogP contribution in [-0.2, 0) is 5.75 Å². The average Bonchev–Trinajstić information content (AvgIpc) is 3.29. The maximum atomic E-state index is 13.7. The second-order valence-corrected chi connectivity index (χ2v) is 8.85. The summed E-state index contributed by atoms with van der Waals surface area (Å²) in [7, 11) is 0. The molecule has 0 unspecified atom stereocenters. The van der Waals surface area contributed by atoms with Gasteiger partial charge < -0.3 is 4.42 Å². The fraction of sp³-hybridized carbons (Fsp3) is 0.190. The number of amides is 1. The number of thioether (sulfide) groups is 1. The van der Waals surface area contributed by atoms with Crippen molar-refractivity contribution in [3.8, 4) is 0 Å². The molecule has 0 aliphatic carbocycles. The molecule has 0 fully saturated rings.